The first-order valence-corrected chi connectivity index (χ1v) is 6.90. The molecule has 5 nitrogen and oxygen atoms in total. The number of carboxylic acids is 1. The topological polar surface area (TPSA) is 68.3 Å². The number of imidazole rings is 1. The van der Waals surface area contributed by atoms with Crippen LogP contribution in [0, 0.1) is 12.8 Å². The molecule has 2 aromatic heterocycles. The van der Waals surface area contributed by atoms with E-state index in [4.69, 9.17) is 4.42 Å². The minimum atomic E-state index is -0.745. The summed E-state index contributed by atoms with van der Waals surface area (Å²) in [6, 6.07) is 3.75. The van der Waals surface area contributed by atoms with Gasteiger partial charge in [-0.15, -0.1) is 0 Å². The van der Waals surface area contributed by atoms with Crippen LogP contribution in [-0.2, 0) is 17.8 Å². The van der Waals surface area contributed by atoms with Gasteiger partial charge in [-0.3, -0.25) is 4.79 Å². The van der Waals surface area contributed by atoms with E-state index in [0.29, 0.717) is 25.1 Å². The standard InChI is InChI=1S/C13H13BrN2O3/c1-7-2-3-10(19-7)11-9-6-8(12(17)18)4-5-16(9)13(14)15-11/h2-3,8H,4-6H2,1H3,(H,17,18). The summed E-state index contributed by atoms with van der Waals surface area (Å²) in [6.45, 7) is 2.54. The van der Waals surface area contributed by atoms with E-state index in [2.05, 4.69) is 20.9 Å². The highest BCUT2D eigenvalue weighted by molar-refractivity contribution is 9.10. The number of carbonyl (C=O) groups is 1. The minimum Gasteiger partial charge on any atom is -0.481 e. The van der Waals surface area contributed by atoms with E-state index >= 15 is 0 Å². The molecule has 0 aliphatic carbocycles. The molecule has 1 unspecified atom stereocenters. The third kappa shape index (κ3) is 2.10. The number of aliphatic carboxylic acids is 1. The second kappa shape index (κ2) is 4.52. The number of fused-ring (bicyclic) bond motifs is 1. The van der Waals surface area contributed by atoms with Gasteiger partial charge in [0.15, 0.2) is 10.5 Å². The van der Waals surface area contributed by atoms with Crippen molar-refractivity contribution in [2.75, 3.05) is 0 Å². The Kier molecular flexibility index (Phi) is 2.97. The molecule has 0 bridgehead atoms. The predicted molar refractivity (Wildman–Crippen MR) is 71.8 cm³/mol. The molecular weight excluding hydrogens is 312 g/mol. The minimum absolute atomic E-state index is 0.342. The summed E-state index contributed by atoms with van der Waals surface area (Å²) in [7, 11) is 0. The van der Waals surface area contributed by atoms with Gasteiger partial charge in [-0.05, 0) is 41.4 Å². The molecule has 2 aromatic rings. The highest BCUT2D eigenvalue weighted by atomic mass is 79.9. The number of carboxylic acid groups (broad SMARTS) is 1. The molecule has 0 amide bonds. The van der Waals surface area contributed by atoms with Crippen LogP contribution in [0.4, 0.5) is 0 Å². The van der Waals surface area contributed by atoms with Crippen LogP contribution in [0.2, 0.25) is 0 Å². The number of nitrogens with zero attached hydrogens (tertiary/aromatic N) is 2. The largest absolute Gasteiger partial charge is 0.481 e. The first-order chi connectivity index (χ1) is 9.06. The van der Waals surface area contributed by atoms with E-state index in [1.165, 1.54) is 0 Å². The van der Waals surface area contributed by atoms with Gasteiger partial charge in [-0.2, -0.15) is 0 Å². The van der Waals surface area contributed by atoms with Gasteiger partial charge in [0.2, 0.25) is 0 Å². The quantitative estimate of drug-likeness (QED) is 0.922. The van der Waals surface area contributed by atoms with Gasteiger partial charge >= 0.3 is 5.97 Å². The van der Waals surface area contributed by atoms with E-state index in [0.717, 1.165) is 21.9 Å². The zero-order valence-corrected chi connectivity index (χ0v) is 12.0. The molecule has 3 heterocycles. The molecule has 3 rings (SSSR count). The first-order valence-electron chi connectivity index (χ1n) is 6.11. The van der Waals surface area contributed by atoms with Gasteiger partial charge in [-0.1, -0.05) is 0 Å². The summed E-state index contributed by atoms with van der Waals surface area (Å²) in [5.74, 6) is 0.424. The van der Waals surface area contributed by atoms with Crippen molar-refractivity contribution in [2.45, 2.75) is 26.3 Å². The van der Waals surface area contributed by atoms with Gasteiger partial charge < -0.3 is 14.1 Å². The molecular formula is C13H13BrN2O3. The fourth-order valence-corrected chi connectivity index (χ4v) is 3.05. The fraction of sp³-hybridized carbons (Fsp3) is 0.385. The molecule has 0 radical (unpaired) electrons. The maximum atomic E-state index is 11.2. The zero-order valence-electron chi connectivity index (χ0n) is 10.4. The SMILES string of the molecule is Cc1ccc(-c2nc(Br)n3c2CC(C(=O)O)CC3)o1. The monoisotopic (exact) mass is 324 g/mol. The number of hydrogen-bond acceptors (Lipinski definition) is 3. The molecule has 0 saturated carbocycles. The van der Waals surface area contributed by atoms with Crippen LogP contribution in [0.1, 0.15) is 17.9 Å². The van der Waals surface area contributed by atoms with Crippen LogP contribution in [0.15, 0.2) is 21.3 Å². The van der Waals surface area contributed by atoms with Gasteiger partial charge in [-0.25, -0.2) is 4.98 Å². The van der Waals surface area contributed by atoms with Crippen LogP contribution < -0.4 is 0 Å². The summed E-state index contributed by atoms with van der Waals surface area (Å²) in [5.41, 5.74) is 1.67. The number of rotatable bonds is 2. The maximum absolute atomic E-state index is 11.2. The molecule has 0 fully saturated rings. The van der Waals surface area contributed by atoms with E-state index in [1.54, 1.807) is 0 Å². The lowest BCUT2D eigenvalue weighted by Gasteiger charge is -2.21. The summed E-state index contributed by atoms with van der Waals surface area (Å²) >= 11 is 3.43. The maximum Gasteiger partial charge on any atom is 0.306 e. The van der Waals surface area contributed by atoms with E-state index in [1.807, 2.05) is 23.6 Å². The molecule has 0 saturated heterocycles. The van der Waals surface area contributed by atoms with Crippen molar-refractivity contribution in [1.29, 1.82) is 0 Å². The third-order valence-corrected chi connectivity index (χ3v) is 4.10. The van der Waals surface area contributed by atoms with Gasteiger partial charge in [0.05, 0.1) is 11.6 Å². The van der Waals surface area contributed by atoms with E-state index in [-0.39, 0.29) is 5.92 Å². The Morgan fingerprint density at radius 1 is 1.58 bits per heavy atom. The van der Waals surface area contributed by atoms with Crippen LogP contribution in [-0.4, -0.2) is 20.6 Å². The molecule has 100 valence electrons. The number of furan rings is 1. The second-order valence-electron chi connectivity index (χ2n) is 4.77. The molecule has 19 heavy (non-hydrogen) atoms. The number of aryl methyl sites for hydroxylation is 1. The lowest BCUT2D eigenvalue weighted by atomic mass is 9.95. The second-order valence-corrected chi connectivity index (χ2v) is 5.48. The Hall–Kier alpha value is -1.56. The van der Waals surface area contributed by atoms with E-state index < -0.39 is 5.97 Å². The van der Waals surface area contributed by atoms with Crippen molar-refractivity contribution in [2.24, 2.45) is 5.92 Å². The van der Waals surface area contributed by atoms with Crippen molar-refractivity contribution in [1.82, 2.24) is 9.55 Å². The summed E-state index contributed by atoms with van der Waals surface area (Å²) < 4.78 is 8.35. The molecule has 0 spiro atoms. The van der Waals surface area contributed by atoms with Crippen molar-refractivity contribution < 1.29 is 14.3 Å². The van der Waals surface area contributed by atoms with Gasteiger partial charge in [0, 0.05) is 13.0 Å². The molecule has 1 N–H and O–H groups in total. The lowest BCUT2D eigenvalue weighted by molar-refractivity contribution is -0.142. The smallest absolute Gasteiger partial charge is 0.306 e. The van der Waals surface area contributed by atoms with Crippen molar-refractivity contribution in [3.05, 3.63) is 28.3 Å². The highest BCUT2D eigenvalue weighted by Gasteiger charge is 2.30. The summed E-state index contributed by atoms with van der Waals surface area (Å²) in [6.07, 6.45) is 1.12. The number of hydrogen-bond donors (Lipinski definition) is 1. The van der Waals surface area contributed by atoms with Crippen LogP contribution in [0.25, 0.3) is 11.5 Å². The van der Waals surface area contributed by atoms with Gasteiger partial charge in [0.25, 0.3) is 0 Å². The average Bonchev–Trinajstić information content (AvgIpc) is 2.93. The third-order valence-electron chi connectivity index (χ3n) is 3.49. The summed E-state index contributed by atoms with van der Waals surface area (Å²) in [4.78, 5) is 15.6. The lowest BCUT2D eigenvalue weighted by Crippen LogP contribution is -2.25. The fourth-order valence-electron chi connectivity index (χ4n) is 2.48. The zero-order chi connectivity index (χ0) is 13.6. The Morgan fingerprint density at radius 2 is 2.37 bits per heavy atom. The van der Waals surface area contributed by atoms with Crippen molar-refractivity contribution in [3.8, 4) is 11.5 Å². The van der Waals surface area contributed by atoms with Crippen molar-refractivity contribution >= 4 is 21.9 Å². The normalized spacial score (nSPS) is 18.3. The van der Waals surface area contributed by atoms with E-state index in [9.17, 15) is 9.90 Å². The number of halogens is 1. The molecule has 6 heteroatoms. The number of aromatic nitrogens is 2. The average molecular weight is 325 g/mol. The molecule has 1 aliphatic heterocycles. The van der Waals surface area contributed by atoms with Crippen LogP contribution in [0.3, 0.4) is 0 Å². The Balaban J connectivity index is 2.06. The Labute approximate surface area is 118 Å². The summed E-state index contributed by atoms with van der Waals surface area (Å²) in [5, 5.41) is 9.17. The van der Waals surface area contributed by atoms with Gasteiger partial charge in [0.1, 0.15) is 11.5 Å². The first kappa shape index (κ1) is 12.5. The molecule has 1 atom stereocenters. The molecule has 0 aromatic carbocycles. The Bertz CT molecular complexity index is 644. The van der Waals surface area contributed by atoms with Crippen LogP contribution >= 0.6 is 15.9 Å². The predicted octanol–water partition coefficient (Wildman–Crippen LogP) is 2.86. The molecule has 1 aliphatic rings. The highest BCUT2D eigenvalue weighted by Crippen LogP contribution is 2.33. The van der Waals surface area contributed by atoms with Crippen LogP contribution in [0.5, 0.6) is 0 Å². The van der Waals surface area contributed by atoms with Crippen molar-refractivity contribution in [3.63, 3.8) is 0 Å². The Morgan fingerprint density at radius 3 is 3.00 bits per heavy atom.